The molecule has 138 valence electrons. The second kappa shape index (κ2) is 7.15. The van der Waals surface area contributed by atoms with Gasteiger partial charge in [-0.15, -0.1) is 0 Å². The van der Waals surface area contributed by atoms with Crippen LogP contribution in [0.3, 0.4) is 0 Å². The summed E-state index contributed by atoms with van der Waals surface area (Å²) in [5.41, 5.74) is 5.21. The highest BCUT2D eigenvalue weighted by Gasteiger charge is 2.32. The monoisotopic (exact) mass is 366 g/mol. The third kappa shape index (κ3) is 3.68. The molecule has 0 aliphatic carbocycles. The molecular formula is C18H17F3N2O3. The summed E-state index contributed by atoms with van der Waals surface area (Å²) in [6, 6.07) is 5.29. The topological polar surface area (TPSA) is 77.6 Å². The van der Waals surface area contributed by atoms with Crippen molar-refractivity contribution in [1.29, 1.82) is 0 Å². The molecule has 1 aromatic carbocycles. The molecule has 0 fully saturated rings. The van der Waals surface area contributed by atoms with Gasteiger partial charge in [-0.05, 0) is 43.2 Å². The normalized spacial score (nSPS) is 17.0. The Hall–Kier alpha value is -2.90. The molecule has 0 saturated carbocycles. The van der Waals surface area contributed by atoms with Crippen molar-refractivity contribution in [1.82, 2.24) is 4.98 Å². The van der Waals surface area contributed by atoms with Crippen LogP contribution in [-0.4, -0.2) is 16.7 Å². The summed E-state index contributed by atoms with van der Waals surface area (Å²) in [6.07, 6.45) is 1.26. The Balaban J connectivity index is 1.84. The van der Waals surface area contributed by atoms with Crippen LogP contribution in [0.2, 0.25) is 0 Å². The van der Waals surface area contributed by atoms with E-state index in [0.29, 0.717) is 12.4 Å². The van der Waals surface area contributed by atoms with Crippen molar-refractivity contribution in [2.45, 2.75) is 24.9 Å². The fourth-order valence-electron chi connectivity index (χ4n) is 2.81. The minimum Gasteiger partial charge on any atom is -0.502 e. The van der Waals surface area contributed by atoms with Gasteiger partial charge >= 0.3 is 6.18 Å². The molecule has 3 N–H and O–H groups in total. The molecule has 26 heavy (non-hydrogen) atoms. The molecular weight excluding hydrogens is 349 g/mol. The zero-order valence-electron chi connectivity index (χ0n) is 13.7. The van der Waals surface area contributed by atoms with E-state index in [2.05, 4.69) is 4.98 Å². The van der Waals surface area contributed by atoms with E-state index < -0.39 is 11.9 Å². The lowest BCUT2D eigenvalue weighted by molar-refractivity contribution is -0.141. The predicted octanol–water partition coefficient (Wildman–Crippen LogP) is 4.33. The Labute approximate surface area is 147 Å². The van der Waals surface area contributed by atoms with Gasteiger partial charge in [0.25, 0.3) is 0 Å². The number of hydrogen-bond donors (Lipinski definition) is 2. The molecule has 1 atom stereocenters. The lowest BCUT2D eigenvalue weighted by Crippen LogP contribution is -2.14. The number of ether oxygens (including phenoxy) is 2. The van der Waals surface area contributed by atoms with Gasteiger partial charge in [0.05, 0.1) is 12.8 Å². The highest BCUT2D eigenvalue weighted by Crippen LogP contribution is 2.47. The van der Waals surface area contributed by atoms with Crippen molar-refractivity contribution in [3.63, 3.8) is 0 Å². The Bertz CT molecular complexity index is 805. The number of phenolic OH excluding ortho intramolecular Hbond substituents is 1. The van der Waals surface area contributed by atoms with Gasteiger partial charge < -0.3 is 20.3 Å². The molecule has 0 spiro atoms. The van der Waals surface area contributed by atoms with Crippen LogP contribution < -0.4 is 15.2 Å². The zero-order chi connectivity index (χ0) is 18.7. The number of aromatic hydroxyl groups is 1. The van der Waals surface area contributed by atoms with Crippen molar-refractivity contribution in [2.75, 3.05) is 6.61 Å². The molecule has 5 nitrogen and oxygen atoms in total. The van der Waals surface area contributed by atoms with E-state index in [1.165, 1.54) is 6.20 Å². The summed E-state index contributed by atoms with van der Waals surface area (Å²) < 4.78 is 48.7. The van der Waals surface area contributed by atoms with Crippen molar-refractivity contribution in [3.05, 3.63) is 54.0 Å². The fraction of sp³-hybridized carbons (Fsp3) is 0.278. The first-order chi connectivity index (χ1) is 12.4. The first-order valence-corrected chi connectivity index (χ1v) is 7.96. The minimum atomic E-state index is -4.52. The molecule has 1 aromatic heterocycles. The summed E-state index contributed by atoms with van der Waals surface area (Å²) in [5, 5.41) is 10.4. The van der Waals surface area contributed by atoms with Crippen LogP contribution >= 0.6 is 0 Å². The molecule has 2 aromatic rings. The number of benzene rings is 1. The van der Waals surface area contributed by atoms with Crippen molar-refractivity contribution in [2.24, 2.45) is 5.73 Å². The molecule has 1 aliphatic rings. The Kier molecular flexibility index (Phi) is 4.92. The van der Waals surface area contributed by atoms with Gasteiger partial charge in [0.15, 0.2) is 11.5 Å². The van der Waals surface area contributed by atoms with E-state index in [-0.39, 0.29) is 23.2 Å². The maximum absolute atomic E-state index is 12.6. The smallest absolute Gasteiger partial charge is 0.433 e. The Morgan fingerprint density at radius 3 is 2.77 bits per heavy atom. The van der Waals surface area contributed by atoms with Crippen LogP contribution in [0.25, 0.3) is 0 Å². The number of hydrogen-bond acceptors (Lipinski definition) is 5. The van der Waals surface area contributed by atoms with Gasteiger partial charge in [0.1, 0.15) is 11.4 Å². The average molecular weight is 366 g/mol. The number of pyridine rings is 1. The highest BCUT2D eigenvalue weighted by molar-refractivity contribution is 5.57. The fourth-order valence-corrected chi connectivity index (χ4v) is 2.81. The van der Waals surface area contributed by atoms with E-state index in [4.69, 9.17) is 15.2 Å². The van der Waals surface area contributed by atoms with Crippen LogP contribution in [-0.2, 0) is 6.18 Å². The van der Waals surface area contributed by atoms with Crippen molar-refractivity contribution < 1.29 is 27.8 Å². The number of phenols is 1. The molecule has 0 saturated heterocycles. The van der Waals surface area contributed by atoms with Crippen LogP contribution in [0.5, 0.6) is 23.0 Å². The van der Waals surface area contributed by atoms with Gasteiger partial charge in [0, 0.05) is 5.56 Å². The standard InChI is InChI=1S/C18H17F3N2O3/c19-18(20,21)15-6-3-12(10-23-15)26-14-5-4-13-11(2-1-8-22)7-9-25-17(13)16(14)24/h1,3-6,8,10-11,24H,2,7,9,22H2. The third-order valence-electron chi connectivity index (χ3n) is 4.09. The lowest BCUT2D eigenvalue weighted by atomic mass is 9.90. The predicted molar refractivity (Wildman–Crippen MR) is 88.2 cm³/mol. The number of rotatable bonds is 4. The maximum atomic E-state index is 12.6. The number of halogens is 3. The molecule has 0 bridgehead atoms. The minimum absolute atomic E-state index is 0.0756. The van der Waals surface area contributed by atoms with E-state index in [1.54, 1.807) is 12.1 Å². The number of fused-ring (bicyclic) bond motifs is 1. The second-order valence-electron chi connectivity index (χ2n) is 5.81. The van der Waals surface area contributed by atoms with E-state index in [0.717, 1.165) is 36.7 Å². The van der Waals surface area contributed by atoms with E-state index in [9.17, 15) is 18.3 Å². The summed E-state index contributed by atoms with van der Waals surface area (Å²) in [6.45, 7) is 0.439. The van der Waals surface area contributed by atoms with Gasteiger partial charge in [-0.3, -0.25) is 0 Å². The summed E-state index contributed by atoms with van der Waals surface area (Å²) in [7, 11) is 0. The summed E-state index contributed by atoms with van der Waals surface area (Å²) >= 11 is 0. The van der Waals surface area contributed by atoms with E-state index in [1.807, 2.05) is 6.08 Å². The zero-order valence-corrected chi connectivity index (χ0v) is 13.7. The van der Waals surface area contributed by atoms with Crippen molar-refractivity contribution in [3.8, 4) is 23.0 Å². The maximum Gasteiger partial charge on any atom is 0.433 e. The van der Waals surface area contributed by atoms with Gasteiger partial charge in [0.2, 0.25) is 5.75 Å². The molecule has 8 heteroatoms. The highest BCUT2D eigenvalue weighted by atomic mass is 19.4. The molecule has 0 radical (unpaired) electrons. The third-order valence-corrected chi connectivity index (χ3v) is 4.09. The van der Waals surface area contributed by atoms with Gasteiger partial charge in [-0.1, -0.05) is 12.1 Å². The molecule has 3 rings (SSSR count). The van der Waals surface area contributed by atoms with Crippen LogP contribution in [0.4, 0.5) is 13.2 Å². The average Bonchev–Trinajstić information content (AvgIpc) is 2.62. The summed E-state index contributed by atoms with van der Waals surface area (Å²) in [4.78, 5) is 3.33. The van der Waals surface area contributed by atoms with Gasteiger partial charge in [-0.2, -0.15) is 13.2 Å². The van der Waals surface area contributed by atoms with Gasteiger partial charge in [-0.25, -0.2) is 4.98 Å². The molecule has 2 heterocycles. The largest absolute Gasteiger partial charge is 0.502 e. The van der Waals surface area contributed by atoms with Crippen LogP contribution in [0, 0.1) is 0 Å². The molecule has 0 amide bonds. The first-order valence-electron chi connectivity index (χ1n) is 7.96. The van der Waals surface area contributed by atoms with Crippen molar-refractivity contribution >= 4 is 0 Å². The van der Waals surface area contributed by atoms with Crippen LogP contribution in [0.1, 0.15) is 30.0 Å². The second-order valence-corrected chi connectivity index (χ2v) is 5.81. The molecule has 1 unspecified atom stereocenters. The number of nitrogens with zero attached hydrogens (tertiary/aromatic N) is 1. The number of nitrogens with two attached hydrogens (primary N) is 1. The van der Waals surface area contributed by atoms with E-state index >= 15 is 0 Å². The summed E-state index contributed by atoms with van der Waals surface area (Å²) in [5.74, 6) is 0.450. The SMILES string of the molecule is NC=CCC1CCOc2c1ccc(Oc1ccc(C(F)(F)F)nc1)c2O. The quantitative estimate of drug-likeness (QED) is 0.842. The lowest BCUT2D eigenvalue weighted by Gasteiger charge is -2.26. The number of allylic oxidation sites excluding steroid dienone is 1. The number of alkyl halides is 3. The Morgan fingerprint density at radius 1 is 1.31 bits per heavy atom. The molecule has 1 aliphatic heterocycles. The number of aromatic nitrogens is 1. The first kappa shape index (κ1) is 17.9. The van der Waals surface area contributed by atoms with Crippen LogP contribution in [0.15, 0.2) is 42.7 Å². The Morgan fingerprint density at radius 2 is 2.12 bits per heavy atom.